The third kappa shape index (κ3) is 1.78. The maximum atomic E-state index is 11.2. The molecule has 0 amide bonds. The molecule has 0 radical (unpaired) electrons. The van der Waals surface area contributed by atoms with Crippen molar-refractivity contribution in [2.45, 2.75) is 24.8 Å². The fourth-order valence-corrected chi connectivity index (χ4v) is 2.72. The van der Waals surface area contributed by atoms with E-state index in [0.717, 1.165) is 29.3 Å². The number of carbonyl (C=O) groups is 1. The summed E-state index contributed by atoms with van der Waals surface area (Å²) in [5.41, 5.74) is 7.95. The number of para-hydroxylation sites is 1. The van der Waals surface area contributed by atoms with Gasteiger partial charge in [-0.3, -0.25) is 4.79 Å². The minimum absolute atomic E-state index is 0.0846. The molecule has 0 saturated heterocycles. The van der Waals surface area contributed by atoms with Crippen molar-refractivity contribution in [2.24, 2.45) is 11.7 Å². The molecule has 0 bridgehead atoms. The van der Waals surface area contributed by atoms with E-state index in [1.54, 1.807) is 0 Å². The van der Waals surface area contributed by atoms with Gasteiger partial charge in [-0.2, -0.15) is 0 Å². The summed E-state index contributed by atoms with van der Waals surface area (Å²) in [6, 6.07) is 7.12. The van der Waals surface area contributed by atoms with E-state index >= 15 is 0 Å². The van der Waals surface area contributed by atoms with Crippen molar-refractivity contribution >= 4 is 16.9 Å². The average molecular weight is 244 g/mol. The zero-order valence-corrected chi connectivity index (χ0v) is 9.97. The first kappa shape index (κ1) is 11.3. The molecule has 2 atom stereocenters. The van der Waals surface area contributed by atoms with E-state index < -0.39 is 12.0 Å². The largest absolute Gasteiger partial charge is 0.480 e. The predicted molar refractivity (Wildman–Crippen MR) is 69.4 cm³/mol. The monoisotopic (exact) mass is 244 g/mol. The maximum absolute atomic E-state index is 11.2. The van der Waals surface area contributed by atoms with Crippen LogP contribution in [0, 0.1) is 5.92 Å². The molecule has 94 valence electrons. The van der Waals surface area contributed by atoms with Crippen molar-refractivity contribution in [2.75, 3.05) is 0 Å². The Hall–Kier alpha value is -1.81. The third-order valence-electron chi connectivity index (χ3n) is 3.78. The predicted octanol–water partition coefficient (Wildman–Crippen LogP) is 2.07. The van der Waals surface area contributed by atoms with E-state index in [1.165, 1.54) is 0 Å². The fraction of sp³-hybridized carbons (Fsp3) is 0.357. The number of aliphatic carboxylic acids is 1. The Morgan fingerprint density at radius 2 is 2.11 bits per heavy atom. The second-order valence-electron chi connectivity index (χ2n) is 5.02. The summed E-state index contributed by atoms with van der Waals surface area (Å²) in [5.74, 6) is -0.592. The Bertz CT molecular complexity index is 586. The Balaban J connectivity index is 2.07. The van der Waals surface area contributed by atoms with Crippen LogP contribution < -0.4 is 5.73 Å². The van der Waals surface area contributed by atoms with Gasteiger partial charge in [0.15, 0.2) is 0 Å². The van der Waals surface area contributed by atoms with Crippen LogP contribution in [0.1, 0.15) is 24.3 Å². The van der Waals surface area contributed by atoms with Crippen LogP contribution >= 0.6 is 0 Å². The van der Waals surface area contributed by atoms with Gasteiger partial charge in [0, 0.05) is 23.0 Å². The lowest BCUT2D eigenvalue weighted by molar-refractivity contribution is -0.139. The molecule has 4 N–H and O–H groups in total. The molecule has 1 saturated carbocycles. The van der Waals surface area contributed by atoms with Gasteiger partial charge in [-0.25, -0.2) is 0 Å². The molecule has 4 heteroatoms. The van der Waals surface area contributed by atoms with Crippen molar-refractivity contribution in [3.05, 3.63) is 36.0 Å². The second kappa shape index (κ2) is 4.14. The molecule has 3 rings (SSSR count). The van der Waals surface area contributed by atoms with Crippen LogP contribution in [-0.4, -0.2) is 22.1 Å². The Labute approximate surface area is 105 Å². The van der Waals surface area contributed by atoms with Crippen LogP contribution in [0.15, 0.2) is 30.5 Å². The van der Waals surface area contributed by atoms with Crippen molar-refractivity contribution < 1.29 is 9.90 Å². The highest BCUT2D eigenvalue weighted by atomic mass is 16.4. The highest BCUT2D eigenvalue weighted by Crippen LogP contribution is 2.45. The lowest BCUT2D eigenvalue weighted by Crippen LogP contribution is -2.37. The number of hydrogen-bond donors (Lipinski definition) is 3. The summed E-state index contributed by atoms with van der Waals surface area (Å²) in [6.45, 7) is 0. The topological polar surface area (TPSA) is 79.1 Å². The minimum Gasteiger partial charge on any atom is -0.480 e. The Kier molecular flexibility index (Phi) is 2.59. The number of nitrogens with one attached hydrogen (secondary N) is 1. The molecule has 1 aliphatic carbocycles. The molecule has 1 aliphatic rings. The molecule has 2 aromatic rings. The van der Waals surface area contributed by atoms with Crippen molar-refractivity contribution in [1.29, 1.82) is 0 Å². The van der Waals surface area contributed by atoms with Gasteiger partial charge in [0.25, 0.3) is 0 Å². The number of carboxylic acid groups (broad SMARTS) is 1. The highest BCUT2D eigenvalue weighted by Gasteiger charge is 2.40. The van der Waals surface area contributed by atoms with Gasteiger partial charge in [0.2, 0.25) is 0 Å². The van der Waals surface area contributed by atoms with Gasteiger partial charge in [-0.05, 0) is 30.4 Å². The molecule has 1 aromatic carbocycles. The number of nitrogens with two attached hydrogens (primary N) is 1. The molecule has 1 fully saturated rings. The van der Waals surface area contributed by atoms with Crippen LogP contribution in [0.25, 0.3) is 10.9 Å². The first-order chi connectivity index (χ1) is 8.68. The summed E-state index contributed by atoms with van der Waals surface area (Å²) in [7, 11) is 0. The van der Waals surface area contributed by atoms with Crippen LogP contribution in [0.4, 0.5) is 0 Å². The quantitative estimate of drug-likeness (QED) is 0.770. The molecule has 18 heavy (non-hydrogen) atoms. The van der Waals surface area contributed by atoms with E-state index in [-0.39, 0.29) is 5.92 Å². The van der Waals surface area contributed by atoms with Crippen molar-refractivity contribution in [3.63, 3.8) is 0 Å². The van der Waals surface area contributed by atoms with E-state index in [4.69, 9.17) is 10.8 Å². The summed E-state index contributed by atoms with van der Waals surface area (Å²) in [6.07, 6.45) is 4.06. The van der Waals surface area contributed by atoms with E-state index in [0.29, 0.717) is 5.92 Å². The molecular weight excluding hydrogens is 228 g/mol. The number of hydrogen-bond acceptors (Lipinski definition) is 2. The number of aromatic amines is 1. The molecule has 0 aliphatic heterocycles. The summed E-state index contributed by atoms with van der Waals surface area (Å²) < 4.78 is 0. The SMILES string of the molecule is N[C@H](C(=O)O)[C@@H](c1c[nH]c2ccccc12)C1CC1. The van der Waals surface area contributed by atoms with Crippen LogP contribution in [0.5, 0.6) is 0 Å². The molecule has 1 heterocycles. The average Bonchev–Trinajstić information content (AvgIpc) is 3.10. The summed E-state index contributed by atoms with van der Waals surface area (Å²) in [5, 5.41) is 10.3. The molecule has 4 nitrogen and oxygen atoms in total. The Morgan fingerprint density at radius 3 is 2.78 bits per heavy atom. The lowest BCUT2D eigenvalue weighted by atomic mass is 9.87. The van der Waals surface area contributed by atoms with E-state index in [1.807, 2.05) is 30.5 Å². The zero-order chi connectivity index (χ0) is 12.7. The number of benzene rings is 1. The smallest absolute Gasteiger partial charge is 0.321 e. The van der Waals surface area contributed by atoms with Gasteiger partial charge in [0.05, 0.1) is 0 Å². The number of rotatable bonds is 4. The van der Waals surface area contributed by atoms with Gasteiger partial charge < -0.3 is 15.8 Å². The maximum Gasteiger partial charge on any atom is 0.321 e. The van der Waals surface area contributed by atoms with E-state index in [9.17, 15) is 4.79 Å². The zero-order valence-electron chi connectivity index (χ0n) is 9.97. The van der Waals surface area contributed by atoms with E-state index in [2.05, 4.69) is 4.98 Å². The van der Waals surface area contributed by atoms with Crippen LogP contribution in [0.2, 0.25) is 0 Å². The second-order valence-corrected chi connectivity index (χ2v) is 5.02. The third-order valence-corrected chi connectivity index (χ3v) is 3.78. The standard InChI is InChI=1S/C14H16N2O2/c15-13(14(17)18)12(8-5-6-8)10-7-16-11-4-2-1-3-9(10)11/h1-4,7-8,12-13,16H,5-6,15H2,(H,17,18)/t12-,13+/m1/s1. The van der Waals surface area contributed by atoms with Crippen LogP contribution in [0.3, 0.4) is 0 Å². The molecule has 1 aromatic heterocycles. The first-order valence-electron chi connectivity index (χ1n) is 6.23. The van der Waals surface area contributed by atoms with Gasteiger partial charge in [0.1, 0.15) is 6.04 Å². The first-order valence-corrected chi connectivity index (χ1v) is 6.23. The van der Waals surface area contributed by atoms with Crippen LogP contribution in [-0.2, 0) is 4.79 Å². The van der Waals surface area contributed by atoms with Crippen molar-refractivity contribution in [1.82, 2.24) is 4.98 Å². The number of carboxylic acids is 1. The van der Waals surface area contributed by atoms with Gasteiger partial charge in [-0.1, -0.05) is 18.2 Å². The normalized spacial score (nSPS) is 18.7. The fourth-order valence-electron chi connectivity index (χ4n) is 2.72. The van der Waals surface area contributed by atoms with Gasteiger partial charge in [-0.15, -0.1) is 0 Å². The summed E-state index contributed by atoms with van der Waals surface area (Å²) >= 11 is 0. The number of H-pyrrole nitrogens is 1. The lowest BCUT2D eigenvalue weighted by Gasteiger charge is -2.20. The Morgan fingerprint density at radius 1 is 1.39 bits per heavy atom. The molecular formula is C14H16N2O2. The number of fused-ring (bicyclic) bond motifs is 1. The molecule has 0 spiro atoms. The van der Waals surface area contributed by atoms with Gasteiger partial charge >= 0.3 is 5.97 Å². The minimum atomic E-state index is -0.919. The van der Waals surface area contributed by atoms with Crippen molar-refractivity contribution in [3.8, 4) is 0 Å². The molecule has 0 unspecified atom stereocenters. The number of aromatic nitrogens is 1. The highest BCUT2D eigenvalue weighted by molar-refractivity contribution is 5.85. The summed E-state index contributed by atoms with van der Waals surface area (Å²) in [4.78, 5) is 14.4.